The molecule has 0 bridgehead atoms. The number of carboxylic acid groups (broad SMARTS) is 1. The first-order valence-electron chi connectivity index (χ1n) is 6.78. The molecule has 2 aromatic rings. The molecule has 0 spiro atoms. The highest BCUT2D eigenvalue weighted by Crippen LogP contribution is 2.39. The predicted molar refractivity (Wildman–Crippen MR) is 89.9 cm³/mol. The Morgan fingerprint density at radius 3 is 2.23 bits per heavy atom. The largest absolute Gasteiger partial charge is 0.478 e. The van der Waals surface area contributed by atoms with Gasteiger partial charge in [-0.2, -0.15) is 13.2 Å². The van der Waals surface area contributed by atoms with E-state index < -0.39 is 44.5 Å². The van der Waals surface area contributed by atoms with Gasteiger partial charge >= 0.3 is 12.1 Å². The maximum Gasteiger partial charge on any atom is 0.416 e. The first-order chi connectivity index (χ1) is 12.0. The van der Waals surface area contributed by atoms with Crippen LogP contribution in [0.15, 0.2) is 42.5 Å². The normalized spacial score (nSPS) is 12.5. The van der Waals surface area contributed by atoms with E-state index in [1.165, 1.54) is 18.2 Å². The van der Waals surface area contributed by atoms with Gasteiger partial charge in [-0.25, -0.2) is 4.79 Å². The molecule has 2 rings (SSSR count). The smallest absolute Gasteiger partial charge is 0.416 e. The van der Waals surface area contributed by atoms with Crippen molar-refractivity contribution in [2.24, 2.45) is 0 Å². The zero-order valence-corrected chi connectivity index (χ0v) is 14.1. The van der Waals surface area contributed by atoms with Crippen molar-refractivity contribution in [3.63, 3.8) is 0 Å². The standard InChI is InChI=1S/C16H8Cl2F3NO4/c17-11-4-2-1-3-9(11)14(18)13(15(23)24)10-6-5-8(16(19,20)21)7-12(10)22(25)26/h1-7H,(H,23,24). The lowest BCUT2D eigenvalue weighted by atomic mass is 9.99. The van der Waals surface area contributed by atoms with E-state index in [9.17, 15) is 33.2 Å². The minimum absolute atomic E-state index is 0.0717. The number of carbonyl (C=O) groups is 1. The lowest BCUT2D eigenvalue weighted by molar-refractivity contribution is -0.385. The third-order valence-corrected chi connectivity index (χ3v) is 4.06. The van der Waals surface area contributed by atoms with Crippen LogP contribution in [-0.4, -0.2) is 16.0 Å². The van der Waals surface area contributed by atoms with Gasteiger partial charge in [0, 0.05) is 16.7 Å². The predicted octanol–water partition coefficient (Wildman–Crippen LogP) is 5.46. The molecule has 0 radical (unpaired) electrons. The SMILES string of the molecule is O=C(O)C(=C(Cl)c1ccccc1Cl)c1ccc(C(F)(F)F)cc1[N+](=O)[O-]. The van der Waals surface area contributed by atoms with Gasteiger partial charge in [-0.3, -0.25) is 10.1 Å². The van der Waals surface area contributed by atoms with Gasteiger partial charge in [0.15, 0.2) is 0 Å². The van der Waals surface area contributed by atoms with E-state index in [1.807, 2.05) is 0 Å². The Labute approximate surface area is 154 Å². The van der Waals surface area contributed by atoms with Crippen LogP contribution in [0.3, 0.4) is 0 Å². The highest BCUT2D eigenvalue weighted by Gasteiger charge is 2.34. The summed E-state index contributed by atoms with van der Waals surface area (Å²) in [6, 6.07) is 7.35. The maximum absolute atomic E-state index is 12.8. The molecule has 10 heteroatoms. The molecule has 5 nitrogen and oxygen atoms in total. The van der Waals surface area contributed by atoms with Gasteiger partial charge in [-0.05, 0) is 18.2 Å². The molecule has 0 unspecified atom stereocenters. The summed E-state index contributed by atoms with van der Waals surface area (Å²) in [6.45, 7) is 0. The number of alkyl halides is 3. The lowest BCUT2D eigenvalue weighted by Crippen LogP contribution is -2.09. The zero-order valence-electron chi connectivity index (χ0n) is 12.6. The Bertz CT molecular complexity index is 926. The van der Waals surface area contributed by atoms with Crippen LogP contribution in [0.4, 0.5) is 18.9 Å². The van der Waals surface area contributed by atoms with Crippen molar-refractivity contribution >= 4 is 45.5 Å². The van der Waals surface area contributed by atoms with Crippen molar-refractivity contribution in [3.05, 3.63) is 74.3 Å². The van der Waals surface area contributed by atoms with Crippen LogP contribution in [0.25, 0.3) is 10.6 Å². The molecule has 0 aromatic heterocycles. The quantitative estimate of drug-likeness (QED) is 0.317. The van der Waals surface area contributed by atoms with Crippen LogP contribution in [0.1, 0.15) is 16.7 Å². The summed E-state index contributed by atoms with van der Waals surface area (Å²) in [6.07, 6.45) is -4.83. The number of hydrogen-bond donors (Lipinski definition) is 1. The second-order valence-electron chi connectivity index (χ2n) is 4.96. The number of halogens is 5. The highest BCUT2D eigenvalue weighted by atomic mass is 35.5. The Kier molecular flexibility index (Phi) is 5.58. The van der Waals surface area contributed by atoms with Crippen molar-refractivity contribution < 1.29 is 28.0 Å². The molecule has 1 N–H and O–H groups in total. The first kappa shape index (κ1) is 19.7. The van der Waals surface area contributed by atoms with Gasteiger partial charge < -0.3 is 5.11 Å². The molecule has 0 fully saturated rings. The van der Waals surface area contributed by atoms with Crippen molar-refractivity contribution in [2.75, 3.05) is 0 Å². The molecule has 0 aliphatic rings. The number of nitrogens with zero attached hydrogens (tertiary/aromatic N) is 1. The molecule has 0 atom stereocenters. The second-order valence-corrected chi connectivity index (χ2v) is 5.75. The zero-order chi connectivity index (χ0) is 19.6. The Hall–Kier alpha value is -2.58. The topological polar surface area (TPSA) is 80.4 Å². The van der Waals surface area contributed by atoms with Crippen molar-refractivity contribution in [3.8, 4) is 0 Å². The summed E-state index contributed by atoms with van der Waals surface area (Å²) in [5.41, 5.74) is -3.56. The van der Waals surface area contributed by atoms with E-state index in [1.54, 1.807) is 6.07 Å². The van der Waals surface area contributed by atoms with Crippen molar-refractivity contribution in [2.45, 2.75) is 6.18 Å². The average molecular weight is 406 g/mol. The van der Waals surface area contributed by atoms with Gasteiger partial charge in [-0.15, -0.1) is 0 Å². The molecule has 136 valence electrons. The molecule has 0 aliphatic carbocycles. The number of nitro benzene ring substituents is 1. The van der Waals surface area contributed by atoms with Crippen LogP contribution in [0.5, 0.6) is 0 Å². The summed E-state index contributed by atoms with van der Waals surface area (Å²) in [4.78, 5) is 21.8. The van der Waals surface area contributed by atoms with E-state index in [4.69, 9.17) is 23.2 Å². The van der Waals surface area contributed by atoms with E-state index in [0.717, 1.165) is 0 Å². The second kappa shape index (κ2) is 7.35. The van der Waals surface area contributed by atoms with E-state index in [0.29, 0.717) is 12.1 Å². The van der Waals surface area contributed by atoms with Crippen LogP contribution < -0.4 is 0 Å². The van der Waals surface area contributed by atoms with Gasteiger partial charge in [0.25, 0.3) is 5.69 Å². The number of aliphatic carboxylic acids is 1. The number of rotatable bonds is 4. The van der Waals surface area contributed by atoms with Gasteiger partial charge in [-0.1, -0.05) is 41.4 Å². The number of hydrogen-bond acceptors (Lipinski definition) is 3. The van der Waals surface area contributed by atoms with Crippen LogP contribution in [0, 0.1) is 10.1 Å². The molecule has 2 aromatic carbocycles. The molecular formula is C16H8Cl2F3NO4. The van der Waals surface area contributed by atoms with Crippen LogP contribution in [-0.2, 0) is 11.0 Å². The van der Waals surface area contributed by atoms with Crippen LogP contribution in [0.2, 0.25) is 5.02 Å². The highest BCUT2D eigenvalue weighted by molar-refractivity contribution is 6.58. The van der Waals surface area contributed by atoms with Gasteiger partial charge in [0.1, 0.15) is 0 Å². The van der Waals surface area contributed by atoms with Gasteiger partial charge in [0.05, 0.1) is 26.7 Å². The maximum atomic E-state index is 12.8. The fraction of sp³-hybridized carbons (Fsp3) is 0.0625. The third-order valence-electron chi connectivity index (χ3n) is 3.33. The Morgan fingerprint density at radius 1 is 1.12 bits per heavy atom. The lowest BCUT2D eigenvalue weighted by Gasteiger charge is -2.11. The average Bonchev–Trinajstić information content (AvgIpc) is 2.54. The molecule has 0 heterocycles. The fourth-order valence-corrected chi connectivity index (χ4v) is 2.80. The first-order valence-corrected chi connectivity index (χ1v) is 7.53. The molecular weight excluding hydrogens is 398 g/mol. The summed E-state index contributed by atoms with van der Waals surface area (Å²) in [7, 11) is 0. The minimum atomic E-state index is -4.83. The fourth-order valence-electron chi connectivity index (χ4n) is 2.17. The minimum Gasteiger partial charge on any atom is -0.478 e. The summed E-state index contributed by atoms with van der Waals surface area (Å²) in [5, 5.41) is 20.3. The Morgan fingerprint density at radius 2 is 1.73 bits per heavy atom. The van der Waals surface area contributed by atoms with E-state index >= 15 is 0 Å². The van der Waals surface area contributed by atoms with Crippen LogP contribution >= 0.6 is 23.2 Å². The van der Waals surface area contributed by atoms with Crippen molar-refractivity contribution in [1.82, 2.24) is 0 Å². The monoisotopic (exact) mass is 405 g/mol. The van der Waals surface area contributed by atoms with Crippen molar-refractivity contribution in [1.29, 1.82) is 0 Å². The summed E-state index contributed by atoms with van der Waals surface area (Å²) >= 11 is 12.0. The number of benzene rings is 2. The molecule has 0 aliphatic heterocycles. The summed E-state index contributed by atoms with van der Waals surface area (Å²) < 4.78 is 38.4. The molecule has 0 saturated carbocycles. The van der Waals surface area contributed by atoms with E-state index in [-0.39, 0.29) is 16.7 Å². The third kappa shape index (κ3) is 3.97. The molecule has 0 saturated heterocycles. The number of nitro groups is 1. The molecule has 26 heavy (non-hydrogen) atoms. The number of carboxylic acids is 1. The summed E-state index contributed by atoms with van der Waals surface area (Å²) in [5.74, 6) is -1.65. The Balaban J connectivity index is 2.80. The van der Waals surface area contributed by atoms with E-state index in [2.05, 4.69) is 0 Å². The molecule has 0 amide bonds. The van der Waals surface area contributed by atoms with Gasteiger partial charge in [0.2, 0.25) is 0 Å².